The summed E-state index contributed by atoms with van der Waals surface area (Å²) in [7, 11) is 0. The molecule has 0 aliphatic heterocycles. The molecule has 0 aromatic rings. The Kier molecular flexibility index (Phi) is 60.5. The Balaban J connectivity index is 3.60. The van der Waals surface area contributed by atoms with Crippen molar-refractivity contribution < 1.29 is 24.2 Å². The van der Waals surface area contributed by atoms with Gasteiger partial charge < -0.3 is 14.6 Å². The van der Waals surface area contributed by atoms with Crippen LogP contribution in [0.5, 0.6) is 0 Å². The lowest BCUT2D eigenvalue weighted by Gasteiger charge is -2.15. The van der Waals surface area contributed by atoms with Crippen LogP contribution in [0.3, 0.4) is 0 Å². The maximum absolute atomic E-state index is 12.3. The number of aliphatic hydroxyl groups is 1. The average molecular weight is 1050 g/mol. The van der Waals surface area contributed by atoms with E-state index in [-0.39, 0.29) is 25.2 Å². The lowest BCUT2D eigenvalue weighted by Crippen LogP contribution is -2.28. The van der Waals surface area contributed by atoms with E-state index in [0.29, 0.717) is 12.8 Å². The molecule has 0 aromatic heterocycles. The van der Waals surface area contributed by atoms with E-state index >= 15 is 0 Å². The Morgan fingerprint density at radius 3 is 0.789 bits per heavy atom. The maximum Gasteiger partial charge on any atom is 0.306 e. The third-order valence-electron chi connectivity index (χ3n) is 12.5. The smallest absolute Gasteiger partial charge is 0.306 e. The second kappa shape index (κ2) is 64.5. The molecule has 0 spiro atoms. The van der Waals surface area contributed by atoms with Crippen LogP contribution in [0.15, 0.2) is 170 Å². The van der Waals surface area contributed by atoms with Crippen molar-refractivity contribution in [2.75, 3.05) is 13.2 Å². The van der Waals surface area contributed by atoms with Crippen molar-refractivity contribution in [2.24, 2.45) is 0 Å². The summed E-state index contributed by atoms with van der Waals surface area (Å²) in [5.41, 5.74) is 0. The largest absolute Gasteiger partial charge is 0.462 e. The molecule has 0 amide bonds. The van der Waals surface area contributed by atoms with Gasteiger partial charge in [0.2, 0.25) is 0 Å². The molecule has 5 heteroatoms. The van der Waals surface area contributed by atoms with E-state index in [9.17, 15) is 14.7 Å². The van der Waals surface area contributed by atoms with Crippen LogP contribution in [0.4, 0.5) is 0 Å². The molecule has 0 fully saturated rings. The van der Waals surface area contributed by atoms with Gasteiger partial charge in [-0.2, -0.15) is 0 Å². The third kappa shape index (κ3) is 61.8. The average Bonchev–Trinajstić information content (AvgIpc) is 3.42. The summed E-state index contributed by atoms with van der Waals surface area (Å²) >= 11 is 0. The molecule has 0 aromatic carbocycles. The van der Waals surface area contributed by atoms with Crippen LogP contribution in [-0.4, -0.2) is 36.4 Å². The minimum absolute atomic E-state index is 0.0826. The molecule has 1 N–H and O–H groups in total. The number of hydrogen-bond acceptors (Lipinski definition) is 5. The number of hydrogen-bond donors (Lipinski definition) is 1. The standard InChI is InChI=1S/C71H112O5/c1-3-5-7-9-11-13-15-17-19-21-23-25-27-29-31-32-33-34-35-36-37-38-40-42-44-46-48-50-52-54-56-58-60-62-64-66-71(74)76-69(67-72)68-75-70(73)65-63-61-59-57-55-53-51-49-47-45-43-41-39-30-28-26-24-22-20-18-16-14-12-10-8-6-4-2/h5-8,11-14,17-20,23-26,29-31,33-34,36-37,39-40,42-43,45,69,72H,3-4,9-10,15-16,21-22,27-28,32,35,38,41,44,46-68H2,1-2H3/b7-5-,8-6-,13-11-,14-12-,19-17-,20-18-,25-23-,26-24-,31-29-,34-33-,37-36-,39-30-,42-40-,45-43-. The summed E-state index contributed by atoms with van der Waals surface area (Å²) in [6.07, 6.45) is 100. The van der Waals surface area contributed by atoms with Crippen LogP contribution in [0.1, 0.15) is 245 Å². The van der Waals surface area contributed by atoms with Gasteiger partial charge in [0.1, 0.15) is 6.61 Å². The van der Waals surface area contributed by atoms with Crippen LogP contribution >= 0.6 is 0 Å². The molecule has 5 nitrogen and oxygen atoms in total. The number of esters is 2. The fraction of sp³-hybridized carbons (Fsp3) is 0.577. The van der Waals surface area contributed by atoms with Gasteiger partial charge in [0.15, 0.2) is 6.10 Å². The zero-order valence-electron chi connectivity index (χ0n) is 48.7. The molecule has 76 heavy (non-hydrogen) atoms. The fourth-order valence-electron chi connectivity index (χ4n) is 7.99. The number of unbranched alkanes of at least 4 members (excludes halogenated alkanes) is 18. The molecule has 0 saturated heterocycles. The van der Waals surface area contributed by atoms with Crippen LogP contribution in [-0.2, 0) is 19.1 Å². The number of allylic oxidation sites excluding steroid dienone is 28. The summed E-state index contributed by atoms with van der Waals surface area (Å²) < 4.78 is 10.7. The number of ether oxygens (including phenoxy) is 2. The highest BCUT2D eigenvalue weighted by molar-refractivity contribution is 5.70. The van der Waals surface area contributed by atoms with Crippen molar-refractivity contribution >= 4 is 11.9 Å². The summed E-state index contributed by atoms with van der Waals surface area (Å²) in [5, 5.41) is 9.68. The van der Waals surface area contributed by atoms with Gasteiger partial charge in [-0.05, 0) is 128 Å². The number of carbonyl (C=O) groups excluding carboxylic acids is 2. The van der Waals surface area contributed by atoms with E-state index in [2.05, 4.69) is 184 Å². The van der Waals surface area contributed by atoms with Crippen molar-refractivity contribution in [1.29, 1.82) is 0 Å². The van der Waals surface area contributed by atoms with Gasteiger partial charge >= 0.3 is 11.9 Å². The second-order valence-electron chi connectivity index (χ2n) is 19.7. The van der Waals surface area contributed by atoms with E-state index < -0.39 is 6.10 Å². The van der Waals surface area contributed by atoms with Gasteiger partial charge in [-0.25, -0.2) is 0 Å². The molecule has 0 radical (unpaired) electrons. The molecule has 1 atom stereocenters. The van der Waals surface area contributed by atoms with Crippen LogP contribution in [0.25, 0.3) is 0 Å². The summed E-state index contributed by atoms with van der Waals surface area (Å²) in [5.74, 6) is -0.615. The summed E-state index contributed by atoms with van der Waals surface area (Å²) in [6.45, 7) is 3.90. The van der Waals surface area contributed by atoms with Crippen molar-refractivity contribution in [3.05, 3.63) is 170 Å². The zero-order chi connectivity index (χ0) is 54.8. The number of carbonyl (C=O) groups is 2. The maximum atomic E-state index is 12.3. The Labute approximate surface area is 468 Å². The SMILES string of the molecule is CC/C=C\C/C=C\C/C=C\C/C=C\C/C=C\C/C=C\C/C=C\C/C=C\CCCCCCCCCCCCC(=O)OC(CO)COC(=O)CCCCCCCCCC/C=C\C/C=C\C/C=C\C/C=C\C/C=C\C/C=C\CC. The zero-order valence-corrected chi connectivity index (χ0v) is 48.7. The van der Waals surface area contributed by atoms with Gasteiger partial charge in [-0.1, -0.05) is 274 Å². The van der Waals surface area contributed by atoms with Gasteiger partial charge in [0.25, 0.3) is 0 Å². The molecule has 0 bridgehead atoms. The minimum atomic E-state index is -0.792. The van der Waals surface area contributed by atoms with Crippen molar-refractivity contribution in [1.82, 2.24) is 0 Å². The summed E-state index contributed by atoms with van der Waals surface area (Å²) in [6, 6.07) is 0. The molecule has 0 aliphatic rings. The van der Waals surface area contributed by atoms with Crippen LogP contribution in [0, 0.1) is 0 Å². The van der Waals surface area contributed by atoms with E-state index in [4.69, 9.17) is 9.47 Å². The molecule has 0 saturated carbocycles. The molecule has 0 aliphatic carbocycles. The van der Waals surface area contributed by atoms with Crippen molar-refractivity contribution in [2.45, 2.75) is 251 Å². The van der Waals surface area contributed by atoms with Crippen LogP contribution < -0.4 is 0 Å². The Hall–Kier alpha value is -4.74. The lowest BCUT2D eigenvalue weighted by molar-refractivity contribution is -0.161. The molecule has 426 valence electrons. The normalized spacial score (nSPS) is 13.5. The molecular weight excluding hydrogens is 933 g/mol. The van der Waals surface area contributed by atoms with Gasteiger partial charge in [-0.15, -0.1) is 0 Å². The van der Waals surface area contributed by atoms with E-state index in [1.807, 2.05) is 0 Å². The predicted molar refractivity (Wildman–Crippen MR) is 333 cm³/mol. The van der Waals surface area contributed by atoms with E-state index in [0.717, 1.165) is 135 Å². The Morgan fingerprint density at radius 1 is 0.303 bits per heavy atom. The molecular formula is C71H112O5. The topological polar surface area (TPSA) is 72.8 Å². The quantitative estimate of drug-likeness (QED) is 0.0373. The highest BCUT2D eigenvalue weighted by Crippen LogP contribution is 2.14. The number of rotatable bonds is 54. The van der Waals surface area contributed by atoms with E-state index in [1.54, 1.807) is 0 Å². The van der Waals surface area contributed by atoms with Gasteiger partial charge in [0.05, 0.1) is 6.61 Å². The second-order valence-corrected chi connectivity index (χ2v) is 19.7. The van der Waals surface area contributed by atoms with Crippen LogP contribution in [0.2, 0.25) is 0 Å². The monoisotopic (exact) mass is 1040 g/mol. The molecule has 0 rings (SSSR count). The molecule has 0 heterocycles. The first-order valence-electron chi connectivity index (χ1n) is 30.7. The van der Waals surface area contributed by atoms with Crippen molar-refractivity contribution in [3.63, 3.8) is 0 Å². The van der Waals surface area contributed by atoms with Gasteiger partial charge in [-0.3, -0.25) is 9.59 Å². The first-order valence-corrected chi connectivity index (χ1v) is 30.7. The minimum Gasteiger partial charge on any atom is -0.462 e. The highest BCUT2D eigenvalue weighted by atomic mass is 16.6. The Bertz CT molecular complexity index is 1700. The molecule has 1 unspecified atom stereocenters. The van der Waals surface area contributed by atoms with Crippen molar-refractivity contribution in [3.8, 4) is 0 Å². The fourth-order valence-corrected chi connectivity index (χ4v) is 7.99. The number of aliphatic hydroxyl groups excluding tert-OH is 1. The predicted octanol–water partition coefficient (Wildman–Crippen LogP) is 21.3. The third-order valence-corrected chi connectivity index (χ3v) is 12.5. The highest BCUT2D eigenvalue weighted by Gasteiger charge is 2.16. The summed E-state index contributed by atoms with van der Waals surface area (Å²) in [4.78, 5) is 24.6. The van der Waals surface area contributed by atoms with Gasteiger partial charge in [0, 0.05) is 12.8 Å². The first kappa shape index (κ1) is 71.3. The van der Waals surface area contributed by atoms with E-state index in [1.165, 1.54) is 83.5 Å². The first-order chi connectivity index (χ1) is 37.6. The Morgan fingerprint density at radius 2 is 0.526 bits per heavy atom. The lowest BCUT2D eigenvalue weighted by atomic mass is 10.0.